The Bertz CT molecular complexity index is 1120. The zero-order chi connectivity index (χ0) is 20.4. The van der Waals surface area contributed by atoms with Gasteiger partial charge in [0.1, 0.15) is 5.52 Å². The maximum atomic E-state index is 14.3. The highest BCUT2D eigenvalue weighted by Gasteiger charge is 2.14. The lowest BCUT2D eigenvalue weighted by atomic mass is 10.2. The molecule has 0 bridgehead atoms. The van der Waals surface area contributed by atoms with Crippen molar-refractivity contribution in [3.8, 4) is 0 Å². The first-order valence-electron chi connectivity index (χ1n) is 10.0. The minimum absolute atomic E-state index is 0.351. The van der Waals surface area contributed by atoms with Gasteiger partial charge in [-0.25, -0.2) is 4.39 Å². The van der Waals surface area contributed by atoms with E-state index in [9.17, 15) is 4.39 Å². The van der Waals surface area contributed by atoms with Gasteiger partial charge in [-0.15, -0.1) is 0 Å². The van der Waals surface area contributed by atoms with Gasteiger partial charge < -0.3 is 15.5 Å². The standard InChI is InChI=1S/C19H20FN7.C2H6/c1-26-11-12-8-13(9-16(20)18(12)25-26)22-19-15-3-2-14(10-17(15)23-24-19)27-6-4-21-5-7-27;1-2/h2-3,8-11,21H,4-7H2,1H3,(H2,22,23,24);1-2H3. The fourth-order valence-electron chi connectivity index (χ4n) is 3.64. The molecule has 1 fully saturated rings. The molecule has 1 aliphatic heterocycles. The van der Waals surface area contributed by atoms with Gasteiger partial charge in [0.05, 0.1) is 5.52 Å². The number of aromatic nitrogens is 4. The van der Waals surface area contributed by atoms with Crippen LogP contribution in [0.1, 0.15) is 13.8 Å². The Morgan fingerprint density at radius 2 is 1.90 bits per heavy atom. The van der Waals surface area contributed by atoms with Crippen LogP contribution in [0.15, 0.2) is 36.5 Å². The predicted molar refractivity (Wildman–Crippen MR) is 116 cm³/mol. The summed E-state index contributed by atoms with van der Waals surface area (Å²) in [5.74, 6) is 0.330. The van der Waals surface area contributed by atoms with Crippen LogP contribution in [0.4, 0.5) is 21.6 Å². The van der Waals surface area contributed by atoms with Gasteiger partial charge >= 0.3 is 0 Å². The van der Waals surface area contributed by atoms with Gasteiger partial charge in [-0.3, -0.25) is 9.78 Å². The number of rotatable bonds is 3. The van der Waals surface area contributed by atoms with Crippen LogP contribution in [0.3, 0.4) is 0 Å². The molecule has 4 aromatic rings. The highest BCUT2D eigenvalue weighted by atomic mass is 19.1. The second kappa shape index (κ2) is 8.08. The molecule has 2 aromatic heterocycles. The summed E-state index contributed by atoms with van der Waals surface area (Å²) in [5, 5.41) is 19.9. The van der Waals surface area contributed by atoms with Crippen molar-refractivity contribution in [2.45, 2.75) is 13.8 Å². The second-order valence-corrected chi connectivity index (χ2v) is 6.86. The molecule has 152 valence electrons. The van der Waals surface area contributed by atoms with Gasteiger partial charge in [0.2, 0.25) is 0 Å². The second-order valence-electron chi connectivity index (χ2n) is 6.86. The number of piperazine rings is 1. The number of hydrogen-bond acceptors (Lipinski definition) is 5. The summed E-state index contributed by atoms with van der Waals surface area (Å²) in [5.41, 5.74) is 3.15. The third-order valence-electron chi connectivity index (χ3n) is 4.97. The predicted octanol–water partition coefficient (Wildman–Crippen LogP) is 3.77. The van der Waals surface area contributed by atoms with Crippen LogP contribution < -0.4 is 15.5 Å². The fourth-order valence-corrected chi connectivity index (χ4v) is 3.64. The highest BCUT2D eigenvalue weighted by molar-refractivity contribution is 5.94. The van der Waals surface area contributed by atoms with Gasteiger partial charge in [0.15, 0.2) is 11.6 Å². The first kappa shape index (κ1) is 19.2. The minimum Gasteiger partial charge on any atom is -0.369 e. The molecule has 0 radical (unpaired) electrons. The topological polar surface area (TPSA) is 73.8 Å². The van der Waals surface area contributed by atoms with E-state index in [-0.39, 0.29) is 5.82 Å². The third-order valence-corrected chi connectivity index (χ3v) is 4.97. The monoisotopic (exact) mass is 395 g/mol. The van der Waals surface area contributed by atoms with Gasteiger partial charge in [-0.05, 0) is 30.3 Å². The summed E-state index contributed by atoms with van der Waals surface area (Å²) in [6.45, 7) is 7.98. The molecule has 2 aromatic carbocycles. The van der Waals surface area contributed by atoms with Crippen LogP contribution in [0, 0.1) is 5.82 Å². The van der Waals surface area contributed by atoms with E-state index >= 15 is 0 Å². The molecule has 3 heterocycles. The molecular formula is C21H26FN7. The largest absolute Gasteiger partial charge is 0.369 e. The van der Waals surface area contributed by atoms with Crippen molar-refractivity contribution in [1.29, 1.82) is 0 Å². The van der Waals surface area contributed by atoms with E-state index in [4.69, 9.17) is 0 Å². The molecule has 0 aliphatic carbocycles. The zero-order valence-electron chi connectivity index (χ0n) is 17.0. The molecule has 3 N–H and O–H groups in total. The van der Waals surface area contributed by atoms with E-state index in [0.29, 0.717) is 17.0 Å². The fraction of sp³-hybridized carbons (Fsp3) is 0.333. The Balaban J connectivity index is 0.000000994. The number of halogens is 1. The quantitative estimate of drug-likeness (QED) is 0.492. The summed E-state index contributed by atoms with van der Waals surface area (Å²) >= 11 is 0. The van der Waals surface area contributed by atoms with E-state index in [1.807, 2.05) is 19.9 Å². The summed E-state index contributed by atoms with van der Waals surface area (Å²) in [4.78, 5) is 2.36. The maximum absolute atomic E-state index is 14.3. The number of nitrogens with one attached hydrogen (secondary N) is 3. The molecule has 0 saturated carbocycles. The van der Waals surface area contributed by atoms with Crippen LogP contribution in [-0.4, -0.2) is 46.2 Å². The Kier molecular flexibility index (Phi) is 5.35. The lowest BCUT2D eigenvalue weighted by molar-refractivity contribution is 0.589. The van der Waals surface area contributed by atoms with Crippen molar-refractivity contribution in [1.82, 2.24) is 25.3 Å². The smallest absolute Gasteiger partial charge is 0.160 e. The van der Waals surface area contributed by atoms with Crippen molar-refractivity contribution in [2.75, 3.05) is 36.4 Å². The van der Waals surface area contributed by atoms with E-state index in [1.54, 1.807) is 17.9 Å². The number of aromatic amines is 1. The Hall–Kier alpha value is -3.13. The minimum atomic E-state index is -0.351. The summed E-state index contributed by atoms with van der Waals surface area (Å²) in [6.07, 6.45) is 1.80. The molecule has 7 nitrogen and oxygen atoms in total. The van der Waals surface area contributed by atoms with Gasteiger partial charge in [-0.2, -0.15) is 10.2 Å². The summed E-state index contributed by atoms with van der Waals surface area (Å²) < 4.78 is 15.9. The van der Waals surface area contributed by atoms with E-state index in [1.165, 1.54) is 11.8 Å². The number of H-pyrrole nitrogens is 1. The van der Waals surface area contributed by atoms with Crippen molar-refractivity contribution >= 4 is 39.0 Å². The van der Waals surface area contributed by atoms with Crippen LogP contribution in [0.2, 0.25) is 0 Å². The molecule has 5 rings (SSSR count). The summed E-state index contributed by atoms with van der Waals surface area (Å²) in [6, 6.07) is 9.60. The zero-order valence-corrected chi connectivity index (χ0v) is 17.0. The molecule has 0 amide bonds. The van der Waals surface area contributed by atoms with Gasteiger partial charge in [-0.1, -0.05) is 13.8 Å². The number of nitrogens with zero attached hydrogens (tertiary/aromatic N) is 4. The van der Waals surface area contributed by atoms with Crippen molar-refractivity contribution in [2.24, 2.45) is 7.05 Å². The first-order valence-corrected chi connectivity index (χ1v) is 10.0. The van der Waals surface area contributed by atoms with Crippen LogP contribution in [-0.2, 0) is 7.05 Å². The maximum Gasteiger partial charge on any atom is 0.160 e. The van der Waals surface area contributed by atoms with Gasteiger partial charge in [0, 0.05) is 61.6 Å². The summed E-state index contributed by atoms with van der Waals surface area (Å²) in [7, 11) is 1.78. The van der Waals surface area contributed by atoms with E-state index in [2.05, 4.69) is 49.0 Å². The van der Waals surface area contributed by atoms with Crippen molar-refractivity contribution in [3.63, 3.8) is 0 Å². The molecule has 8 heteroatoms. The van der Waals surface area contributed by atoms with Crippen LogP contribution >= 0.6 is 0 Å². The van der Waals surface area contributed by atoms with E-state index < -0.39 is 0 Å². The van der Waals surface area contributed by atoms with Crippen LogP contribution in [0.5, 0.6) is 0 Å². The van der Waals surface area contributed by atoms with Crippen molar-refractivity contribution in [3.05, 3.63) is 42.3 Å². The molecular weight excluding hydrogens is 369 g/mol. The number of aryl methyl sites for hydroxylation is 1. The third kappa shape index (κ3) is 3.75. The number of anilines is 3. The van der Waals surface area contributed by atoms with Crippen molar-refractivity contribution < 1.29 is 4.39 Å². The normalized spacial score (nSPS) is 14.1. The van der Waals surface area contributed by atoms with Crippen LogP contribution in [0.25, 0.3) is 21.8 Å². The average Bonchev–Trinajstić information content (AvgIpc) is 3.33. The van der Waals surface area contributed by atoms with E-state index in [0.717, 1.165) is 42.5 Å². The average molecular weight is 395 g/mol. The molecule has 0 atom stereocenters. The molecule has 1 aliphatic rings. The number of fused-ring (bicyclic) bond motifs is 2. The lowest BCUT2D eigenvalue weighted by Gasteiger charge is -2.29. The SMILES string of the molecule is CC.Cn1cc2cc(Nc3n[nH]c4cc(N5CCNCC5)ccc34)cc(F)c2n1. The first-order chi connectivity index (χ1) is 14.2. The van der Waals surface area contributed by atoms with Gasteiger partial charge in [0.25, 0.3) is 0 Å². The highest BCUT2D eigenvalue weighted by Crippen LogP contribution is 2.29. The number of hydrogen-bond donors (Lipinski definition) is 3. The molecule has 1 saturated heterocycles. The lowest BCUT2D eigenvalue weighted by Crippen LogP contribution is -2.43. The Labute approximate surface area is 168 Å². The molecule has 0 spiro atoms. The molecule has 0 unspecified atom stereocenters. The molecule has 29 heavy (non-hydrogen) atoms. The number of benzene rings is 2. The Morgan fingerprint density at radius 1 is 1.10 bits per heavy atom. The Morgan fingerprint density at radius 3 is 2.69 bits per heavy atom.